The number of aliphatic hydroxyl groups is 1. The lowest BCUT2D eigenvalue weighted by atomic mass is 9.86. The van der Waals surface area contributed by atoms with Crippen LogP contribution in [0.1, 0.15) is 28.9 Å². The molecular formula is C22H19F3N6O2. The number of aromatic nitrogens is 5. The van der Waals surface area contributed by atoms with Gasteiger partial charge in [0.25, 0.3) is 5.91 Å². The number of rotatable bonds is 7. The molecule has 0 aliphatic carbocycles. The van der Waals surface area contributed by atoms with E-state index in [2.05, 4.69) is 20.5 Å². The van der Waals surface area contributed by atoms with E-state index in [1.165, 1.54) is 64.7 Å². The van der Waals surface area contributed by atoms with Crippen LogP contribution in [-0.4, -0.2) is 35.6 Å². The molecule has 8 nitrogen and oxygen atoms in total. The van der Waals surface area contributed by atoms with E-state index < -0.39 is 35.0 Å². The van der Waals surface area contributed by atoms with Crippen molar-refractivity contribution in [3.63, 3.8) is 0 Å². The highest BCUT2D eigenvalue weighted by Gasteiger charge is 2.40. The van der Waals surface area contributed by atoms with E-state index in [0.717, 1.165) is 6.07 Å². The van der Waals surface area contributed by atoms with Gasteiger partial charge >= 0.3 is 0 Å². The zero-order valence-electron chi connectivity index (χ0n) is 17.4. The summed E-state index contributed by atoms with van der Waals surface area (Å²) >= 11 is 0. The Morgan fingerprint density at radius 2 is 1.85 bits per heavy atom. The van der Waals surface area contributed by atoms with Crippen molar-refractivity contribution >= 4 is 11.6 Å². The third-order valence-electron chi connectivity index (χ3n) is 5.32. The van der Waals surface area contributed by atoms with Gasteiger partial charge in [0, 0.05) is 23.4 Å². The lowest BCUT2D eigenvalue weighted by molar-refractivity contribution is -0.0368. The molecule has 2 atom stereocenters. The molecule has 0 fully saturated rings. The minimum absolute atomic E-state index is 0.153. The second-order valence-corrected chi connectivity index (χ2v) is 7.49. The Morgan fingerprint density at radius 1 is 1.12 bits per heavy atom. The molecule has 0 bridgehead atoms. The number of nitrogens with zero attached hydrogens (tertiary/aromatic N) is 5. The Morgan fingerprint density at radius 3 is 2.52 bits per heavy atom. The quantitative estimate of drug-likeness (QED) is 0.445. The van der Waals surface area contributed by atoms with E-state index in [-0.39, 0.29) is 17.7 Å². The number of amides is 1. The maximum absolute atomic E-state index is 14.7. The average Bonchev–Trinajstić information content (AvgIpc) is 3.45. The van der Waals surface area contributed by atoms with Crippen molar-refractivity contribution in [1.29, 1.82) is 0 Å². The standard InChI is InChI=1S/C22H19F3N6O2/c1-14(31-10-18(9-27-31)29-21(32)15-2-4-16(23)5-3-15)22(33,11-30-13-26-12-28-30)19-7-6-17(24)8-20(19)25/h2-10,12-14,33H,11H2,1H3,(H,29,32). The highest BCUT2D eigenvalue weighted by atomic mass is 19.1. The van der Waals surface area contributed by atoms with E-state index in [0.29, 0.717) is 11.8 Å². The molecule has 2 aromatic carbocycles. The molecule has 0 aliphatic heterocycles. The molecule has 33 heavy (non-hydrogen) atoms. The van der Waals surface area contributed by atoms with Gasteiger partial charge in [-0.15, -0.1) is 0 Å². The summed E-state index contributed by atoms with van der Waals surface area (Å²) in [4.78, 5) is 16.2. The predicted molar refractivity (Wildman–Crippen MR) is 112 cm³/mol. The van der Waals surface area contributed by atoms with Gasteiger partial charge in [0.05, 0.1) is 24.5 Å². The van der Waals surface area contributed by atoms with E-state index in [1.54, 1.807) is 6.92 Å². The van der Waals surface area contributed by atoms with Crippen molar-refractivity contribution in [2.24, 2.45) is 0 Å². The van der Waals surface area contributed by atoms with Crippen LogP contribution in [0.3, 0.4) is 0 Å². The second-order valence-electron chi connectivity index (χ2n) is 7.49. The number of carbonyl (C=O) groups excluding carboxylic acids is 1. The first-order valence-corrected chi connectivity index (χ1v) is 9.87. The normalized spacial score (nSPS) is 14.0. The lowest BCUT2D eigenvalue weighted by Crippen LogP contribution is -2.40. The Labute approximate surface area is 186 Å². The number of hydrogen-bond acceptors (Lipinski definition) is 5. The molecule has 11 heteroatoms. The number of hydrogen-bond donors (Lipinski definition) is 2. The fourth-order valence-corrected chi connectivity index (χ4v) is 3.48. The Balaban J connectivity index is 1.62. The van der Waals surface area contributed by atoms with Crippen molar-refractivity contribution in [2.45, 2.75) is 25.1 Å². The molecule has 0 saturated heterocycles. The van der Waals surface area contributed by atoms with Gasteiger partial charge in [-0.2, -0.15) is 10.2 Å². The maximum Gasteiger partial charge on any atom is 0.255 e. The van der Waals surface area contributed by atoms with Gasteiger partial charge in [-0.3, -0.25) is 9.48 Å². The number of nitrogens with one attached hydrogen (secondary N) is 1. The molecule has 0 radical (unpaired) electrons. The number of carbonyl (C=O) groups is 1. The van der Waals surface area contributed by atoms with Crippen LogP contribution in [0.2, 0.25) is 0 Å². The van der Waals surface area contributed by atoms with Crippen LogP contribution in [-0.2, 0) is 12.1 Å². The first-order chi connectivity index (χ1) is 15.8. The Hall–Kier alpha value is -3.99. The molecule has 170 valence electrons. The zero-order valence-corrected chi connectivity index (χ0v) is 17.4. The first-order valence-electron chi connectivity index (χ1n) is 9.87. The molecule has 0 spiro atoms. The average molecular weight is 456 g/mol. The van der Waals surface area contributed by atoms with E-state index in [4.69, 9.17) is 0 Å². The summed E-state index contributed by atoms with van der Waals surface area (Å²) in [7, 11) is 0. The van der Waals surface area contributed by atoms with Gasteiger partial charge in [0.15, 0.2) is 0 Å². The van der Waals surface area contributed by atoms with Crippen LogP contribution in [0, 0.1) is 17.5 Å². The van der Waals surface area contributed by atoms with Crippen LogP contribution in [0.15, 0.2) is 67.5 Å². The van der Waals surface area contributed by atoms with Gasteiger partial charge in [-0.05, 0) is 37.3 Å². The third-order valence-corrected chi connectivity index (χ3v) is 5.32. The zero-order chi connectivity index (χ0) is 23.6. The van der Waals surface area contributed by atoms with Gasteiger partial charge in [-0.1, -0.05) is 6.07 Å². The van der Waals surface area contributed by atoms with Crippen molar-refractivity contribution in [1.82, 2.24) is 24.5 Å². The molecule has 2 heterocycles. The largest absolute Gasteiger partial charge is 0.381 e. The van der Waals surface area contributed by atoms with Gasteiger partial charge in [0.1, 0.15) is 35.7 Å². The molecule has 2 aromatic heterocycles. The summed E-state index contributed by atoms with van der Waals surface area (Å²) in [5.41, 5.74) is -1.51. The van der Waals surface area contributed by atoms with Crippen molar-refractivity contribution in [3.05, 3.63) is 96.1 Å². The second kappa shape index (κ2) is 8.87. The fourth-order valence-electron chi connectivity index (χ4n) is 3.48. The topological polar surface area (TPSA) is 97.9 Å². The Bertz CT molecular complexity index is 1260. The highest BCUT2D eigenvalue weighted by Crippen LogP contribution is 2.36. The molecule has 0 saturated carbocycles. The summed E-state index contributed by atoms with van der Waals surface area (Å²) in [5.74, 6) is -2.66. The summed E-state index contributed by atoms with van der Waals surface area (Å²) < 4.78 is 43.9. The minimum atomic E-state index is -1.91. The summed E-state index contributed by atoms with van der Waals surface area (Å²) in [6.07, 6.45) is 5.44. The summed E-state index contributed by atoms with van der Waals surface area (Å²) in [5, 5.41) is 22.4. The van der Waals surface area contributed by atoms with Crippen molar-refractivity contribution in [3.8, 4) is 0 Å². The number of benzene rings is 2. The number of anilines is 1. The van der Waals surface area contributed by atoms with Gasteiger partial charge < -0.3 is 10.4 Å². The maximum atomic E-state index is 14.7. The van der Waals surface area contributed by atoms with Crippen molar-refractivity contribution < 1.29 is 23.1 Å². The van der Waals surface area contributed by atoms with Crippen molar-refractivity contribution in [2.75, 3.05) is 5.32 Å². The molecule has 4 rings (SSSR count). The Kier molecular flexibility index (Phi) is 5.97. The summed E-state index contributed by atoms with van der Waals surface area (Å²) in [6, 6.07) is 7.04. The highest BCUT2D eigenvalue weighted by molar-refractivity contribution is 6.04. The predicted octanol–water partition coefficient (Wildman–Crippen LogP) is 3.29. The SMILES string of the molecule is CC(n1cc(NC(=O)c2ccc(F)cc2)cn1)C(O)(Cn1cncn1)c1ccc(F)cc1F. The van der Waals surface area contributed by atoms with E-state index >= 15 is 0 Å². The van der Waals surface area contributed by atoms with E-state index in [1.807, 2.05) is 0 Å². The molecule has 0 aliphatic rings. The van der Waals surface area contributed by atoms with Crippen LogP contribution in [0.4, 0.5) is 18.9 Å². The first kappa shape index (κ1) is 22.2. The summed E-state index contributed by atoms with van der Waals surface area (Å²) in [6.45, 7) is 1.39. The molecular weight excluding hydrogens is 437 g/mol. The van der Waals surface area contributed by atoms with E-state index in [9.17, 15) is 23.1 Å². The monoisotopic (exact) mass is 456 g/mol. The molecule has 4 aromatic rings. The van der Waals surface area contributed by atoms with Crippen LogP contribution < -0.4 is 5.32 Å². The smallest absolute Gasteiger partial charge is 0.255 e. The molecule has 1 amide bonds. The van der Waals surface area contributed by atoms with Gasteiger partial charge in [-0.25, -0.2) is 22.8 Å². The van der Waals surface area contributed by atoms with Crippen LogP contribution in [0.25, 0.3) is 0 Å². The minimum Gasteiger partial charge on any atom is -0.381 e. The van der Waals surface area contributed by atoms with Crippen LogP contribution in [0.5, 0.6) is 0 Å². The van der Waals surface area contributed by atoms with Gasteiger partial charge in [0.2, 0.25) is 0 Å². The third kappa shape index (κ3) is 4.62. The lowest BCUT2D eigenvalue weighted by Gasteiger charge is -2.34. The molecule has 2 N–H and O–H groups in total. The fraction of sp³-hybridized carbons (Fsp3) is 0.182. The van der Waals surface area contributed by atoms with Crippen LogP contribution >= 0.6 is 0 Å². The molecule has 2 unspecified atom stereocenters. The number of halogens is 3.